The van der Waals surface area contributed by atoms with Gasteiger partial charge in [0, 0.05) is 20.1 Å². The Morgan fingerprint density at radius 2 is 2.08 bits per heavy atom. The fourth-order valence-electron chi connectivity index (χ4n) is 0.742. The zero-order chi connectivity index (χ0) is 10.3. The Balaban J connectivity index is 3.41. The van der Waals surface area contributed by atoms with Gasteiger partial charge < -0.3 is 10.1 Å². The van der Waals surface area contributed by atoms with Gasteiger partial charge in [-0.05, 0) is 27.2 Å². The first-order chi connectivity index (χ1) is 5.95. The SMILES string of the molecule is C[N]CCCNC(=O)OC(C)(C)C. The molecule has 0 fully saturated rings. The number of nitrogens with one attached hydrogen (secondary N) is 1. The normalized spacial score (nSPS) is 11.1. The van der Waals surface area contributed by atoms with E-state index >= 15 is 0 Å². The molecule has 77 valence electrons. The van der Waals surface area contributed by atoms with Crippen LogP contribution < -0.4 is 10.6 Å². The van der Waals surface area contributed by atoms with Gasteiger partial charge in [0.05, 0.1) is 0 Å². The van der Waals surface area contributed by atoms with E-state index in [1.54, 1.807) is 7.05 Å². The number of alkyl carbamates (subject to hydrolysis) is 1. The summed E-state index contributed by atoms with van der Waals surface area (Å²) in [6.07, 6.45) is 0.499. The summed E-state index contributed by atoms with van der Waals surface area (Å²) in [4.78, 5) is 11.1. The molecule has 4 nitrogen and oxygen atoms in total. The van der Waals surface area contributed by atoms with Crippen LogP contribution in [0.1, 0.15) is 27.2 Å². The quantitative estimate of drug-likeness (QED) is 0.671. The van der Waals surface area contributed by atoms with Crippen molar-refractivity contribution >= 4 is 6.09 Å². The Morgan fingerprint density at radius 1 is 1.46 bits per heavy atom. The molecular formula is C9H19N2O2. The summed E-state index contributed by atoms with van der Waals surface area (Å²) in [5.74, 6) is 0. The highest BCUT2D eigenvalue weighted by atomic mass is 16.6. The van der Waals surface area contributed by atoms with E-state index in [-0.39, 0.29) is 6.09 Å². The Labute approximate surface area is 80.0 Å². The van der Waals surface area contributed by atoms with Crippen molar-refractivity contribution in [1.29, 1.82) is 0 Å². The maximum atomic E-state index is 11.1. The minimum atomic E-state index is -0.417. The number of carbonyl (C=O) groups excluding carboxylic acids is 1. The van der Waals surface area contributed by atoms with Crippen molar-refractivity contribution < 1.29 is 9.53 Å². The topological polar surface area (TPSA) is 52.4 Å². The van der Waals surface area contributed by atoms with Gasteiger partial charge in [-0.25, -0.2) is 10.1 Å². The Kier molecular flexibility index (Phi) is 5.46. The van der Waals surface area contributed by atoms with Crippen LogP contribution in [0, 0.1) is 0 Å². The Hall–Kier alpha value is -0.770. The maximum Gasteiger partial charge on any atom is 0.407 e. The highest BCUT2D eigenvalue weighted by Gasteiger charge is 2.15. The molecule has 0 saturated carbocycles. The summed E-state index contributed by atoms with van der Waals surface area (Å²) < 4.78 is 5.04. The third-order valence-corrected chi connectivity index (χ3v) is 1.23. The van der Waals surface area contributed by atoms with Crippen LogP contribution in [0.25, 0.3) is 0 Å². The van der Waals surface area contributed by atoms with Gasteiger partial charge in [0.25, 0.3) is 0 Å². The standard InChI is InChI=1S/C9H19N2O2/c1-9(2,3)13-8(12)11-7-5-6-10-4/h5-7H2,1-4H3,(H,11,12). The van der Waals surface area contributed by atoms with Gasteiger partial charge in [-0.2, -0.15) is 0 Å². The number of nitrogens with zero attached hydrogens (tertiary/aromatic N) is 1. The molecule has 0 rings (SSSR count). The van der Waals surface area contributed by atoms with Gasteiger partial charge >= 0.3 is 6.09 Å². The molecule has 0 heterocycles. The highest BCUT2D eigenvalue weighted by molar-refractivity contribution is 5.67. The summed E-state index contributed by atoms with van der Waals surface area (Å²) in [6, 6.07) is 0. The van der Waals surface area contributed by atoms with Gasteiger partial charge in [-0.3, -0.25) is 0 Å². The zero-order valence-electron chi connectivity index (χ0n) is 8.89. The van der Waals surface area contributed by atoms with Crippen molar-refractivity contribution in [3.8, 4) is 0 Å². The summed E-state index contributed by atoms with van der Waals surface area (Å²) in [7, 11) is 1.76. The number of amides is 1. The summed E-state index contributed by atoms with van der Waals surface area (Å²) in [6.45, 7) is 6.91. The van der Waals surface area contributed by atoms with Crippen LogP contribution in [0.4, 0.5) is 4.79 Å². The molecule has 0 atom stereocenters. The Bertz CT molecular complexity index is 152. The van der Waals surface area contributed by atoms with E-state index in [0.29, 0.717) is 6.54 Å². The van der Waals surface area contributed by atoms with Gasteiger partial charge in [0.2, 0.25) is 0 Å². The number of ether oxygens (including phenoxy) is 1. The largest absolute Gasteiger partial charge is 0.444 e. The van der Waals surface area contributed by atoms with Crippen molar-refractivity contribution in [2.24, 2.45) is 0 Å². The predicted octanol–water partition coefficient (Wildman–Crippen LogP) is 1.14. The first-order valence-electron chi connectivity index (χ1n) is 4.48. The smallest absolute Gasteiger partial charge is 0.407 e. The molecule has 0 spiro atoms. The van der Waals surface area contributed by atoms with Gasteiger partial charge in [0.1, 0.15) is 5.60 Å². The number of hydrogen-bond donors (Lipinski definition) is 1. The predicted molar refractivity (Wildman–Crippen MR) is 51.8 cm³/mol. The lowest BCUT2D eigenvalue weighted by Crippen LogP contribution is -2.33. The monoisotopic (exact) mass is 187 g/mol. The molecule has 0 aromatic carbocycles. The second-order valence-electron chi connectivity index (χ2n) is 3.82. The van der Waals surface area contributed by atoms with Crippen LogP contribution >= 0.6 is 0 Å². The fraction of sp³-hybridized carbons (Fsp3) is 0.889. The van der Waals surface area contributed by atoms with Gasteiger partial charge in [0.15, 0.2) is 0 Å². The van der Waals surface area contributed by atoms with E-state index in [2.05, 4.69) is 10.6 Å². The molecule has 0 aliphatic carbocycles. The molecular weight excluding hydrogens is 168 g/mol. The molecule has 1 N–H and O–H groups in total. The number of rotatable bonds is 4. The minimum absolute atomic E-state index is 0.358. The lowest BCUT2D eigenvalue weighted by molar-refractivity contribution is 0.0527. The second kappa shape index (κ2) is 5.80. The van der Waals surface area contributed by atoms with E-state index in [4.69, 9.17) is 4.74 Å². The molecule has 0 aliphatic heterocycles. The minimum Gasteiger partial charge on any atom is -0.444 e. The molecule has 1 amide bonds. The first kappa shape index (κ1) is 12.2. The van der Waals surface area contributed by atoms with E-state index in [0.717, 1.165) is 13.0 Å². The molecule has 4 heteroatoms. The van der Waals surface area contributed by atoms with Crippen LogP contribution in [-0.4, -0.2) is 31.8 Å². The van der Waals surface area contributed by atoms with Gasteiger partial charge in [-0.1, -0.05) is 0 Å². The Morgan fingerprint density at radius 3 is 2.54 bits per heavy atom. The van der Waals surface area contributed by atoms with Gasteiger partial charge in [-0.15, -0.1) is 0 Å². The van der Waals surface area contributed by atoms with Crippen molar-refractivity contribution in [2.75, 3.05) is 20.1 Å². The van der Waals surface area contributed by atoms with Crippen LogP contribution in [0.3, 0.4) is 0 Å². The van der Waals surface area contributed by atoms with Crippen LogP contribution in [0.5, 0.6) is 0 Å². The summed E-state index contributed by atoms with van der Waals surface area (Å²) in [5, 5.41) is 6.57. The van der Waals surface area contributed by atoms with Crippen molar-refractivity contribution in [2.45, 2.75) is 32.8 Å². The van der Waals surface area contributed by atoms with Crippen LogP contribution in [-0.2, 0) is 4.74 Å². The maximum absolute atomic E-state index is 11.1. The van der Waals surface area contributed by atoms with Crippen LogP contribution in [0.15, 0.2) is 0 Å². The average Bonchev–Trinajstić information content (AvgIpc) is 1.94. The van der Waals surface area contributed by atoms with E-state index in [9.17, 15) is 4.79 Å². The molecule has 0 aromatic heterocycles. The van der Waals surface area contributed by atoms with Crippen molar-refractivity contribution in [3.63, 3.8) is 0 Å². The van der Waals surface area contributed by atoms with E-state index < -0.39 is 5.60 Å². The molecule has 0 bridgehead atoms. The summed E-state index contributed by atoms with van der Waals surface area (Å²) >= 11 is 0. The third kappa shape index (κ3) is 9.14. The van der Waals surface area contributed by atoms with Crippen molar-refractivity contribution in [1.82, 2.24) is 10.6 Å². The molecule has 1 radical (unpaired) electrons. The van der Waals surface area contributed by atoms with Crippen LogP contribution in [0.2, 0.25) is 0 Å². The fourth-order valence-corrected chi connectivity index (χ4v) is 0.742. The van der Waals surface area contributed by atoms with Crippen molar-refractivity contribution in [3.05, 3.63) is 0 Å². The lowest BCUT2D eigenvalue weighted by Gasteiger charge is -2.19. The first-order valence-corrected chi connectivity index (χ1v) is 4.48. The molecule has 13 heavy (non-hydrogen) atoms. The molecule has 0 aliphatic rings. The highest BCUT2D eigenvalue weighted by Crippen LogP contribution is 2.06. The lowest BCUT2D eigenvalue weighted by atomic mass is 10.2. The number of hydrogen-bond acceptors (Lipinski definition) is 2. The molecule has 0 aromatic rings. The molecule has 0 unspecified atom stereocenters. The van der Waals surface area contributed by atoms with E-state index in [1.807, 2.05) is 20.8 Å². The summed E-state index contributed by atoms with van der Waals surface area (Å²) in [5.41, 5.74) is -0.417. The average molecular weight is 187 g/mol. The second-order valence-corrected chi connectivity index (χ2v) is 3.82. The number of carbonyl (C=O) groups is 1. The third-order valence-electron chi connectivity index (χ3n) is 1.23. The molecule has 0 saturated heterocycles. The van der Waals surface area contributed by atoms with E-state index in [1.165, 1.54) is 0 Å². The zero-order valence-corrected chi connectivity index (χ0v) is 8.89.